The standard InChI is InChI=1S/C42H54N3O7P/c46-40(47)37(34-10-13-43-22-34)19-28-4-1-7-31(16-28)25-53(52,26-32-8-2-5-29(17-32)20-38(41(48)49)35-11-14-44-23-35)27-33-9-3-6-30(18-33)21-39(42(50)51)36-12-15-45-24-36/h1-9,16-18,34-39,43-45H,10-15,19-27H2,(H,46,47)(H,48,49)(H,50,51)/t34-,35-,36-,37-,38-,39-/m0/s1. The Morgan fingerprint density at radius 1 is 0.528 bits per heavy atom. The molecule has 0 unspecified atom stereocenters. The van der Waals surface area contributed by atoms with Crippen LogP contribution in [0.25, 0.3) is 0 Å². The van der Waals surface area contributed by atoms with Gasteiger partial charge in [0.15, 0.2) is 0 Å². The molecule has 3 aromatic carbocycles. The molecule has 6 atom stereocenters. The summed E-state index contributed by atoms with van der Waals surface area (Å²) in [7, 11) is -3.05. The summed E-state index contributed by atoms with van der Waals surface area (Å²) in [5.41, 5.74) is 5.43. The Labute approximate surface area is 312 Å². The summed E-state index contributed by atoms with van der Waals surface area (Å²) in [4.78, 5) is 36.8. The topological polar surface area (TPSA) is 165 Å². The van der Waals surface area contributed by atoms with Gasteiger partial charge in [-0.2, -0.15) is 0 Å². The lowest BCUT2D eigenvalue weighted by molar-refractivity contribution is -0.144. The van der Waals surface area contributed by atoms with E-state index in [0.29, 0.717) is 57.4 Å². The second-order valence-corrected chi connectivity index (χ2v) is 18.8. The Hall–Kier alpha value is -3.82. The second-order valence-electron chi connectivity index (χ2n) is 15.7. The van der Waals surface area contributed by atoms with Gasteiger partial charge >= 0.3 is 17.9 Å². The maximum atomic E-state index is 15.4. The fourth-order valence-corrected chi connectivity index (χ4v) is 11.8. The van der Waals surface area contributed by atoms with Crippen molar-refractivity contribution in [1.82, 2.24) is 16.0 Å². The van der Waals surface area contributed by atoms with Crippen LogP contribution >= 0.6 is 7.14 Å². The van der Waals surface area contributed by atoms with Crippen molar-refractivity contribution < 1.29 is 34.3 Å². The summed E-state index contributed by atoms with van der Waals surface area (Å²) in [6, 6.07) is 23.6. The van der Waals surface area contributed by atoms with E-state index in [1.54, 1.807) is 0 Å². The van der Waals surface area contributed by atoms with Crippen molar-refractivity contribution in [2.24, 2.45) is 35.5 Å². The minimum atomic E-state index is -3.05. The average molecular weight is 744 g/mol. The molecular formula is C42H54N3O7P. The zero-order valence-corrected chi connectivity index (χ0v) is 31.3. The van der Waals surface area contributed by atoms with E-state index in [9.17, 15) is 29.7 Å². The Morgan fingerprint density at radius 2 is 0.811 bits per heavy atom. The van der Waals surface area contributed by atoms with Gasteiger partial charge in [0.05, 0.1) is 17.8 Å². The molecule has 3 aromatic rings. The normalized spacial score (nSPS) is 22.0. The highest BCUT2D eigenvalue weighted by Crippen LogP contribution is 2.55. The van der Waals surface area contributed by atoms with Gasteiger partial charge in [0, 0.05) is 18.5 Å². The first-order valence-electron chi connectivity index (χ1n) is 19.2. The second kappa shape index (κ2) is 18.0. The number of nitrogens with one attached hydrogen (secondary N) is 3. The minimum Gasteiger partial charge on any atom is -0.481 e. The van der Waals surface area contributed by atoms with Crippen LogP contribution in [0, 0.1) is 35.5 Å². The van der Waals surface area contributed by atoms with Crippen LogP contribution in [-0.2, 0) is 56.7 Å². The summed E-state index contributed by atoms with van der Waals surface area (Å²) in [6.07, 6.45) is 4.67. The van der Waals surface area contributed by atoms with E-state index in [1.165, 1.54) is 0 Å². The number of hydrogen-bond donors (Lipinski definition) is 6. The van der Waals surface area contributed by atoms with Crippen molar-refractivity contribution in [3.8, 4) is 0 Å². The molecule has 0 saturated carbocycles. The number of benzene rings is 3. The van der Waals surface area contributed by atoms with Gasteiger partial charge in [0.1, 0.15) is 7.14 Å². The van der Waals surface area contributed by atoms with Crippen LogP contribution in [0.3, 0.4) is 0 Å². The molecule has 3 fully saturated rings. The van der Waals surface area contributed by atoms with Gasteiger partial charge in [0.25, 0.3) is 0 Å². The first-order chi connectivity index (χ1) is 25.5. The van der Waals surface area contributed by atoms with Crippen LogP contribution in [0.5, 0.6) is 0 Å². The molecule has 0 amide bonds. The zero-order valence-electron chi connectivity index (χ0n) is 30.4. The molecule has 6 rings (SSSR count). The summed E-state index contributed by atoms with van der Waals surface area (Å²) in [5, 5.41) is 40.1. The summed E-state index contributed by atoms with van der Waals surface area (Å²) < 4.78 is 15.4. The Bertz CT molecular complexity index is 1580. The molecule has 0 radical (unpaired) electrons. The molecular weight excluding hydrogens is 689 g/mol. The first-order valence-corrected chi connectivity index (χ1v) is 21.4. The number of rotatable bonds is 18. The molecule has 3 saturated heterocycles. The summed E-state index contributed by atoms with van der Waals surface area (Å²) in [5.74, 6) is -3.67. The van der Waals surface area contributed by atoms with Gasteiger partial charge in [-0.3, -0.25) is 14.4 Å². The molecule has 3 aliphatic heterocycles. The van der Waals surface area contributed by atoms with Crippen LogP contribution in [0.2, 0.25) is 0 Å². The molecule has 11 heteroatoms. The smallest absolute Gasteiger partial charge is 0.307 e. The SMILES string of the molecule is O=C(O)[C@@H](Cc1cccc(CP(=O)(Cc2cccc(C[C@H](C(=O)O)[C@H]3CCNC3)c2)Cc2cccc(C[C@H](C(=O)O)[C@H]3CCNC3)c2)c1)[C@H]1CCNC1. The number of carboxylic acids is 3. The Kier molecular flexibility index (Phi) is 13.2. The quantitative estimate of drug-likeness (QED) is 0.0916. The lowest BCUT2D eigenvalue weighted by Crippen LogP contribution is -2.27. The number of aliphatic carboxylic acids is 3. The largest absolute Gasteiger partial charge is 0.481 e. The van der Waals surface area contributed by atoms with E-state index in [4.69, 9.17) is 0 Å². The van der Waals surface area contributed by atoms with E-state index < -0.39 is 42.8 Å². The minimum absolute atomic E-state index is 0.0677. The lowest BCUT2D eigenvalue weighted by atomic mass is 9.86. The lowest BCUT2D eigenvalue weighted by Gasteiger charge is -2.23. The molecule has 53 heavy (non-hydrogen) atoms. The molecule has 0 aliphatic carbocycles. The number of carbonyl (C=O) groups is 3. The highest BCUT2D eigenvalue weighted by Gasteiger charge is 2.33. The van der Waals surface area contributed by atoms with Gasteiger partial charge in [0.2, 0.25) is 0 Å². The van der Waals surface area contributed by atoms with E-state index >= 15 is 4.57 Å². The van der Waals surface area contributed by atoms with E-state index in [-0.39, 0.29) is 17.8 Å². The zero-order chi connectivity index (χ0) is 37.4. The highest BCUT2D eigenvalue weighted by molar-refractivity contribution is 7.61. The van der Waals surface area contributed by atoms with Crippen molar-refractivity contribution in [3.63, 3.8) is 0 Å². The molecule has 0 bridgehead atoms. The van der Waals surface area contributed by atoms with Gasteiger partial charge in [-0.25, -0.2) is 0 Å². The van der Waals surface area contributed by atoms with Crippen LogP contribution in [0.15, 0.2) is 72.8 Å². The van der Waals surface area contributed by atoms with Crippen LogP contribution in [0.1, 0.15) is 52.6 Å². The third-order valence-electron chi connectivity index (χ3n) is 11.7. The van der Waals surface area contributed by atoms with Crippen molar-refractivity contribution in [3.05, 3.63) is 106 Å². The predicted molar refractivity (Wildman–Crippen MR) is 205 cm³/mol. The average Bonchev–Trinajstić information content (AvgIpc) is 3.94. The van der Waals surface area contributed by atoms with E-state index in [0.717, 1.165) is 72.3 Å². The number of carboxylic acid groups (broad SMARTS) is 3. The van der Waals surface area contributed by atoms with Crippen LogP contribution in [0.4, 0.5) is 0 Å². The molecule has 0 spiro atoms. The maximum Gasteiger partial charge on any atom is 0.307 e. The highest BCUT2D eigenvalue weighted by atomic mass is 31.2. The van der Waals surface area contributed by atoms with Crippen LogP contribution in [-0.4, -0.2) is 72.5 Å². The Morgan fingerprint density at radius 3 is 1.06 bits per heavy atom. The van der Waals surface area contributed by atoms with Gasteiger partial charge < -0.3 is 35.8 Å². The first kappa shape index (κ1) is 38.9. The van der Waals surface area contributed by atoms with E-state index in [1.807, 2.05) is 72.8 Å². The molecule has 3 aliphatic rings. The third-order valence-corrected chi connectivity index (χ3v) is 14.5. The van der Waals surface area contributed by atoms with Crippen molar-refractivity contribution in [2.75, 3.05) is 39.3 Å². The monoisotopic (exact) mass is 743 g/mol. The summed E-state index contributed by atoms with van der Waals surface area (Å²) >= 11 is 0. The van der Waals surface area contributed by atoms with Gasteiger partial charge in [-0.15, -0.1) is 0 Å². The fraction of sp³-hybridized carbons (Fsp3) is 0.500. The number of hydrogen-bond acceptors (Lipinski definition) is 7. The molecule has 0 aromatic heterocycles. The molecule has 3 heterocycles. The van der Waals surface area contributed by atoms with Gasteiger partial charge in [-0.05, 0) is 129 Å². The van der Waals surface area contributed by atoms with E-state index in [2.05, 4.69) is 16.0 Å². The molecule has 10 nitrogen and oxygen atoms in total. The van der Waals surface area contributed by atoms with Gasteiger partial charge in [-0.1, -0.05) is 72.8 Å². The molecule has 6 N–H and O–H groups in total. The summed E-state index contributed by atoms with van der Waals surface area (Å²) in [6.45, 7) is 4.55. The fourth-order valence-electron chi connectivity index (χ4n) is 8.92. The van der Waals surface area contributed by atoms with Crippen molar-refractivity contribution in [2.45, 2.75) is 57.0 Å². The Balaban J connectivity index is 1.26. The molecule has 284 valence electrons. The predicted octanol–water partition coefficient (Wildman–Crippen LogP) is 5.51. The maximum absolute atomic E-state index is 15.4. The van der Waals surface area contributed by atoms with Crippen molar-refractivity contribution in [1.29, 1.82) is 0 Å². The van der Waals surface area contributed by atoms with Crippen molar-refractivity contribution >= 4 is 25.0 Å². The van der Waals surface area contributed by atoms with Crippen LogP contribution < -0.4 is 16.0 Å². The third kappa shape index (κ3) is 10.7.